The van der Waals surface area contributed by atoms with Gasteiger partial charge in [0, 0.05) is 25.5 Å². The van der Waals surface area contributed by atoms with Crippen LogP contribution in [-0.4, -0.2) is 34.8 Å². The van der Waals surface area contributed by atoms with Gasteiger partial charge < -0.3 is 10.2 Å². The van der Waals surface area contributed by atoms with Crippen LogP contribution in [0.3, 0.4) is 0 Å². The average molecular weight is 247 g/mol. The number of hydrogen-bond acceptors (Lipinski definition) is 3. The van der Waals surface area contributed by atoms with Crippen LogP contribution in [-0.2, 0) is 16.1 Å². The average Bonchev–Trinajstić information content (AvgIpc) is 2.56. The number of amides is 2. The van der Waals surface area contributed by atoms with E-state index in [1.54, 1.807) is 17.3 Å². The van der Waals surface area contributed by atoms with Gasteiger partial charge in [-0.2, -0.15) is 0 Å². The molecule has 18 heavy (non-hydrogen) atoms. The van der Waals surface area contributed by atoms with E-state index in [4.69, 9.17) is 0 Å². The summed E-state index contributed by atoms with van der Waals surface area (Å²) < 4.78 is 0. The topological polar surface area (TPSA) is 62.3 Å². The summed E-state index contributed by atoms with van der Waals surface area (Å²) in [6, 6.07) is 3.44. The van der Waals surface area contributed by atoms with Gasteiger partial charge in [0.1, 0.15) is 6.04 Å². The molecular formula is C13H17N3O2. The van der Waals surface area contributed by atoms with Crippen LogP contribution in [0.4, 0.5) is 0 Å². The Hall–Kier alpha value is -1.91. The van der Waals surface area contributed by atoms with Gasteiger partial charge in [-0.3, -0.25) is 14.6 Å². The standard InChI is InChI=1S/C13H17N3O2/c17-10-15-12-5-1-2-7-16(13(12)18)9-11-4-3-6-14-8-11/h3-4,6,8,10,12H,1-2,5,7,9H2,(H,15,17)/t12-/m0/s1. The van der Waals surface area contributed by atoms with Crippen molar-refractivity contribution in [1.82, 2.24) is 15.2 Å². The molecule has 1 aromatic heterocycles. The van der Waals surface area contributed by atoms with Gasteiger partial charge in [0.25, 0.3) is 0 Å². The van der Waals surface area contributed by atoms with Gasteiger partial charge in [0.2, 0.25) is 12.3 Å². The Morgan fingerprint density at radius 2 is 2.39 bits per heavy atom. The molecule has 0 saturated carbocycles. The molecule has 2 rings (SSSR count). The van der Waals surface area contributed by atoms with Crippen LogP contribution in [0.5, 0.6) is 0 Å². The maximum atomic E-state index is 12.2. The second-order valence-corrected chi connectivity index (χ2v) is 4.45. The van der Waals surface area contributed by atoms with E-state index in [0.29, 0.717) is 13.0 Å². The van der Waals surface area contributed by atoms with E-state index in [1.807, 2.05) is 12.1 Å². The van der Waals surface area contributed by atoms with Crippen LogP contribution in [0.15, 0.2) is 24.5 Å². The van der Waals surface area contributed by atoms with Crippen molar-refractivity contribution in [2.24, 2.45) is 0 Å². The molecule has 5 nitrogen and oxygen atoms in total. The lowest BCUT2D eigenvalue weighted by molar-refractivity contribution is -0.134. The lowest BCUT2D eigenvalue weighted by Gasteiger charge is -2.23. The van der Waals surface area contributed by atoms with Gasteiger partial charge in [-0.1, -0.05) is 6.07 Å². The number of nitrogens with one attached hydrogen (secondary N) is 1. The predicted octanol–water partition coefficient (Wildman–Crippen LogP) is 0.709. The zero-order valence-corrected chi connectivity index (χ0v) is 10.2. The molecule has 1 aliphatic rings. The molecule has 0 unspecified atom stereocenters. The van der Waals surface area contributed by atoms with Gasteiger partial charge in [-0.05, 0) is 30.9 Å². The minimum Gasteiger partial charge on any atom is -0.347 e. The SMILES string of the molecule is O=CN[C@H]1CCCCN(Cc2cccnc2)C1=O. The largest absolute Gasteiger partial charge is 0.347 e. The van der Waals surface area contributed by atoms with Crippen molar-refractivity contribution < 1.29 is 9.59 Å². The summed E-state index contributed by atoms with van der Waals surface area (Å²) in [5.74, 6) is 0.00320. The highest BCUT2D eigenvalue weighted by atomic mass is 16.2. The Morgan fingerprint density at radius 3 is 3.11 bits per heavy atom. The quantitative estimate of drug-likeness (QED) is 0.797. The number of carbonyl (C=O) groups excluding carboxylic acids is 2. The van der Waals surface area contributed by atoms with Gasteiger partial charge in [-0.15, -0.1) is 0 Å². The maximum absolute atomic E-state index is 12.2. The first-order chi connectivity index (χ1) is 8.81. The Labute approximate surface area is 106 Å². The van der Waals surface area contributed by atoms with Crippen molar-refractivity contribution in [3.63, 3.8) is 0 Å². The third-order valence-electron chi connectivity index (χ3n) is 3.15. The summed E-state index contributed by atoms with van der Waals surface area (Å²) in [7, 11) is 0. The Kier molecular flexibility index (Phi) is 4.28. The van der Waals surface area contributed by atoms with Crippen molar-refractivity contribution >= 4 is 12.3 Å². The minimum absolute atomic E-state index is 0.00320. The number of carbonyl (C=O) groups is 2. The monoisotopic (exact) mass is 247 g/mol. The van der Waals surface area contributed by atoms with Crippen LogP contribution in [0, 0.1) is 0 Å². The van der Waals surface area contributed by atoms with Crippen molar-refractivity contribution in [3.8, 4) is 0 Å². The molecule has 0 aromatic carbocycles. The van der Waals surface area contributed by atoms with E-state index >= 15 is 0 Å². The summed E-state index contributed by atoms with van der Waals surface area (Å²) in [6.07, 6.45) is 6.74. The van der Waals surface area contributed by atoms with E-state index in [-0.39, 0.29) is 11.9 Å². The van der Waals surface area contributed by atoms with Crippen molar-refractivity contribution in [3.05, 3.63) is 30.1 Å². The molecule has 1 aromatic rings. The van der Waals surface area contributed by atoms with Gasteiger partial charge in [-0.25, -0.2) is 0 Å². The van der Waals surface area contributed by atoms with E-state index in [2.05, 4.69) is 10.3 Å². The van der Waals surface area contributed by atoms with E-state index in [1.165, 1.54) is 0 Å². The lowest BCUT2D eigenvalue weighted by atomic mass is 10.1. The summed E-state index contributed by atoms with van der Waals surface area (Å²) in [5.41, 5.74) is 1.01. The fraction of sp³-hybridized carbons (Fsp3) is 0.462. The number of nitrogens with zero attached hydrogens (tertiary/aromatic N) is 2. The zero-order valence-electron chi connectivity index (χ0n) is 10.2. The highest BCUT2D eigenvalue weighted by Gasteiger charge is 2.26. The molecule has 1 saturated heterocycles. The first kappa shape index (κ1) is 12.5. The fourth-order valence-electron chi connectivity index (χ4n) is 2.21. The summed E-state index contributed by atoms with van der Waals surface area (Å²) in [5, 5.41) is 2.60. The summed E-state index contributed by atoms with van der Waals surface area (Å²) >= 11 is 0. The maximum Gasteiger partial charge on any atom is 0.245 e. The van der Waals surface area contributed by atoms with E-state index in [0.717, 1.165) is 31.4 Å². The molecule has 0 spiro atoms. The van der Waals surface area contributed by atoms with Gasteiger partial charge in [0.15, 0.2) is 0 Å². The fourth-order valence-corrected chi connectivity index (χ4v) is 2.21. The van der Waals surface area contributed by atoms with Crippen molar-refractivity contribution in [2.45, 2.75) is 31.8 Å². The van der Waals surface area contributed by atoms with Crippen LogP contribution in [0.1, 0.15) is 24.8 Å². The van der Waals surface area contributed by atoms with Crippen LogP contribution >= 0.6 is 0 Å². The summed E-state index contributed by atoms with van der Waals surface area (Å²) in [4.78, 5) is 28.6. The molecule has 96 valence electrons. The van der Waals surface area contributed by atoms with Gasteiger partial charge >= 0.3 is 0 Å². The number of rotatable bonds is 4. The second-order valence-electron chi connectivity index (χ2n) is 4.45. The highest BCUT2D eigenvalue weighted by Crippen LogP contribution is 2.14. The van der Waals surface area contributed by atoms with Crippen LogP contribution in [0.2, 0.25) is 0 Å². The Morgan fingerprint density at radius 1 is 1.50 bits per heavy atom. The molecule has 1 N–H and O–H groups in total. The first-order valence-electron chi connectivity index (χ1n) is 6.18. The minimum atomic E-state index is -0.373. The third-order valence-corrected chi connectivity index (χ3v) is 3.15. The number of aromatic nitrogens is 1. The molecule has 0 bridgehead atoms. The number of likely N-dealkylation sites (tertiary alicyclic amines) is 1. The highest BCUT2D eigenvalue weighted by molar-refractivity contribution is 5.83. The smallest absolute Gasteiger partial charge is 0.245 e. The number of hydrogen-bond donors (Lipinski definition) is 1. The first-order valence-corrected chi connectivity index (χ1v) is 6.18. The molecule has 1 fully saturated rings. The predicted molar refractivity (Wildman–Crippen MR) is 66.5 cm³/mol. The molecule has 2 heterocycles. The Bertz CT molecular complexity index is 408. The molecule has 0 aliphatic carbocycles. The van der Waals surface area contributed by atoms with E-state index in [9.17, 15) is 9.59 Å². The lowest BCUT2D eigenvalue weighted by Crippen LogP contribution is -2.44. The molecule has 0 radical (unpaired) electrons. The Balaban J connectivity index is 2.06. The summed E-state index contributed by atoms with van der Waals surface area (Å²) in [6.45, 7) is 1.30. The molecule has 2 amide bonds. The van der Waals surface area contributed by atoms with Crippen molar-refractivity contribution in [2.75, 3.05) is 6.54 Å². The molecule has 5 heteroatoms. The van der Waals surface area contributed by atoms with Crippen LogP contribution in [0.25, 0.3) is 0 Å². The third kappa shape index (κ3) is 3.06. The van der Waals surface area contributed by atoms with Gasteiger partial charge in [0.05, 0.1) is 0 Å². The second kappa shape index (κ2) is 6.14. The molecule has 1 atom stereocenters. The zero-order chi connectivity index (χ0) is 12.8. The van der Waals surface area contributed by atoms with E-state index < -0.39 is 0 Å². The number of pyridine rings is 1. The van der Waals surface area contributed by atoms with Crippen LogP contribution < -0.4 is 5.32 Å². The van der Waals surface area contributed by atoms with Crippen molar-refractivity contribution in [1.29, 1.82) is 0 Å². The normalized spacial score (nSPS) is 20.3. The molecule has 1 aliphatic heterocycles. The molecular weight excluding hydrogens is 230 g/mol.